The van der Waals surface area contributed by atoms with E-state index in [1.807, 2.05) is 0 Å². The number of hydrogen-bond donors (Lipinski definition) is 1. The molecule has 0 amide bonds. The molecule has 0 atom stereocenters. The minimum atomic E-state index is 0.866. The van der Waals surface area contributed by atoms with Crippen molar-refractivity contribution in [3.8, 4) is 0 Å². The highest BCUT2D eigenvalue weighted by Gasteiger charge is 1.92. The number of hydrogen-bond acceptors (Lipinski definition) is 1. The molecule has 0 spiro atoms. The van der Waals surface area contributed by atoms with E-state index in [1.54, 1.807) is 0 Å². The Morgan fingerprint density at radius 1 is 0.478 bits per heavy atom. The Balaban J connectivity index is 3.03. The molecule has 0 aliphatic rings. The maximum absolute atomic E-state index is 5.50. The average molecular weight is 324 g/mol. The zero-order valence-electron chi connectivity index (χ0n) is 16.2. The molecule has 2 N–H and O–H groups in total. The van der Waals surface area contributed by atoms with Crippen LogP contribution in [-0.4, -0.2) is 6.54 Å². The van der Waals surface area contributed by atoms with Crippen LogP contribution >= 0.6 is 0 Å². The Morgan fingerprint density at radius 3 is 1.22 bits per heavy atom. The van der Waals surface area contributed by atoms with Gasteiger partial charge in [-0.25, -0.2) is 0 Å². The van der Waals surface area contributed by atoms with Gasteiger partial charge in [-0.2, -0.15) is 0 Å². The lowest BCUT2D eigenvalue weighted by Crippen LogP contribution is -1.97. The Hall–Kier alpha value is -0.300. The fraction of sp³-hybridized carbons (Fsp3) is 0.909. The molecule has 23 heavy (non-hydrogen) atoms. The Kier molecular flexibility index (Phi) is 21.4. The average Bonchev–Trinajstić information content (AvgIpc) is 2.57. The lowest BCUT2D eigenvalue weighted by Gasteiger charge is -2.01. The van der Waals surface area contributed by atoms with Gasteiger partial charge in [0.1, 0.15) is 0 Å². The number of nitrogens with two attached hydrogens (primary N) is 1. The maximum Gasteiger partial charge on any atom is -0.00773 e. The summed E-state index contributed by atoms with van der Waals surface area (Å²) in [6, 6.07) is 0. The van der Waals surface area contributed by atoms with Crippen LogP contribution in [0.5, 0.6) is 0 Å². The van der Waals surface area contributed by atoms with Crippen molar-refractivity contribution in [2.45, 2.75) is 122 Å². The first-order valence-electron chi connectivity index (χ1n) is 10.8. The van der Waals surface area contributed by atoms with Gasteiger partial charge >= 0.3 is 0 Å². The summed E-state index contributed by atoms with van der Waals surface area (Å²) in [5.41, 5.74) is 5.50. The minimum Gasteiger partial charge on any atom is -0.330 e. The van der Waals surface area contributed by atoms with Crippen LogP contribution in [0.15, 0.2) is 12.2 Å². The van der Waals surface area contributed by atoms with Gasteiger partial charge in [-0.15, -0.1) is 0 Å². The third-order valence-corrected chi connectivity index (χ3v) is 4.72. The second kappa shape index (κ2) is 21.7. The fourth-order valence-corrected chi connectivity index (χ4v) is 3.10. The van der Waals surface area contributed by atoms with E-state index in [4.69, 9.17) is 5.73 Å². The first-order valence-corrected chi connectivity index (χ1v) is 10.8. The molecule has 0 saturated carbocycles. The van der Waals surface area contributed by atoms with Gasteiger partial charge < -0.3 is 5.73 Å². The van der Waals surface area contributed by atoms with Gasteiger partial charge in [-0.1, -0.05) is 103 Å². The molecule has 0 aromatic heterocycles. The van der Waals surface area contributed by atoms with Crippen molar-refractivity contribution in [3.05, 3.63) is 12.2 Å². The van der Waals surface area contributed by atoms with Gasteiger partial charge in [0.25, 0.3) is 0 Å². The van der Waals surface area contributed by atoms with E-state index in [-0.39, 0.29) is 0 Å². The van der Waals surface area contributed by atoms with Crippen molar-refractivity contribution in [1.82, 2.24) is 0 Å². The number of rotatable bonds is 19. The third kappa shape index (κ3) is 21.7. The molecule has 0 saturated heterocycles. The van der Waals surface area contributed by atoms with Gasteiger partial charge in [0.05, 0.1) is 0 Å². The molecule has 0 aliphatic carbocycles. The lowest BCUT2D eigenvalue weighted by atomic mass is 10.1. The highest BCUT2D eigenvalue weighted by Crippen LogP contribution is 2.11. The molecule has 0 bridgehead atoms. The first-order chi connectivity index (χ1) is 11.4. The Morgan fingerprint density at radius 2 is 0.826 bits per heavy atom. The van der Waals surface area contributed by atoms with Gasteiger partial charge in [-0.05, 0) is 38.6 Å². The fourth-order valence-electron chi connectivity index (χ4n) is 3.10. The SMILES string of the molecule is CCCCCCCCCCC=CCCCCCCCCCCN. The van der Waals surface area contributed by atoms with Crippen LogP contribution in [0.1, 0.15) is 122 Å². The van der Waals surface area contributed by atoms with Crippen LogP contribution in [0, 0.1) is 0 Å². The lowest BCUT2D eigenvalue weighted by molar-refractivity contribution is 0.571. The summed E-state index contributed by atoms with van der Waals surface area (Å²) in [5, 5.41) is 0. The molecular formula is C22H45N. The van der Waals surface area contributed by atoms with Crippen molar-refractivity contribution >= 4 is 0 Å². The van der Waals surface area contributed by atoms with Gasteiger partial charge in [0, 0.05) is 0 Å². The second-order valence-electron chi connectivity index (χ2n) is 7.14. The molecule has 1 heteroatoms. The molecule has 0 aromatic carbocycles. The van der Waals surface area contributed by atoms with Crippen LogP contribution in [0.25, 0.3) is 0 Å². The molecule has 138 valence electrons. The van der Waals surface area contributed by atoms with E-state index in [0.29, 0.717) is 0 Å². The molecule has 0 unspecified atom stereocenters. The van der Waals surface area contributed by atoms with Crippen molar-refractivity contribution < 1.29 is 0 Å². The third-order valence-electron chi connectivity index (χ3n) is 4.72. The smallest absolute Gasteiger partial charge is 0.00773 e. The van der Waals surface area contributed by atoms with Gasteiger partial charge in [0.2, 0.25) is 0 Å². The summed E-state index contributed by atoms with van der Waals surface area (Å²) in [6.45, 7) is 3.16. The van der Waals surface area contributed by atoms with Gasteiger partial charge in [0.15, 0.2) is 0 Å². The van der Waals surface area contributed by atoms with Crippen LogP contribution in [0.3, 0.4) is 0 Å². The Bertz CT molecular complexity index is 222. The Labute approximate surface area is 147 Å². The summed E-state index contributed by atoms with van der Waals surface area (Å²) in [5.74, 6) is 0. The quantitative estimate of drug-likeness (QED) is 0.193. The van der Waals surface area contributed by atoms with E-state index in [1.165, 1.54) is 116 Å². The molecule has 0 radical (unpaired) electrons. The van der Waals surface area contributed by atoms with E-state index >= 15 is 0 Å². The first kappa shape index (κ1) is 22.7. The van der Waals surface area contributed by atoms with Crippen molar-refractivity contribution in [3.63, 3.8) is 0 Å². The zero-order valence-corrected chi connectivity index (χ0v) is 16.2. The zero-order chi connectivity index (χ0) is 16.8. The van der Waals surface area contributed by atoms with Crippen molar-refractivity contribution in [1.29, 1.82) is 0 Å². The summed E-state index contributed by atoms with van der Waals surface area (Å²) in [7, 11) is 0. The topological polar surface area (TPSA) is 26.0 Å². The standard InChI is InChI=1S/C22H45N/c1-2-3-4-5-6-7-8-9-10-11-12-13-14-15-16-17-18-19-20-21-22-23/h11-12H,2-10,13-23H2,1H3. The van der Waals surface area contributed by atoms with Crippen LogP contribution in [-0.2, 0) is 0 Å². The van der Waals surface area contributed by atoms with Crippen molar-refractivity contribution in [2.75, 3.05) is 6.54 Å². The van der Waals surface area contributed by atoms with E-state index < -0.39 is 0 Å². The highest BCUT2D eigenvalue weighted by molar-refractivity contribution is 4.81. The molecular weight excluding hydrogens is 278 g/mol. The van der Waals surface area contributed by atoms with E-state index in [2.05, 4.69) is 19.1 Å². The summed E-state index contributed by atoms with van der Waals surface area (Å²) >= 11 is 0. The monoisotopic (exact) mass is 323 g/mol. The summed E-state index contributed by atoms with van der Waals surface area (Å²) in [4.78, 5) is 0. The molecule has 0 aromatic rings. The van der Waals surface area contributed by atoms with Crippen LogP contribution in [0.2, 0.25) is 0 Å². The van der Waals surface area contributed by atoms with Crippen LogP contribution < -0.4 is 5.73 Å². The van der Waals surface area contributed by atoms with Gasteiger partial charge in [-0.3, -0.25) is 0 Å². The van der Waals surface area contributed by atoms with E-state index in [0.717, 1.165) is 6.54 Å². The molecule has 0 fully saturated rings. The number of unbranched alkanes of at least 4 members (excludes halogenated alkanes) is 16. The maximum atomic E-state index is 5.50. The van der Waals surface area contributed by atoms with E-state index in [9.17, 15) is 0 Å². The van der Waals surface area contributed by atoms with Crippen molar-refractivity contribution in [2.24, 2.45) is 5.73 Å². The minimum absolute atomic E-state index is 0.866. The second-order valence-corrected chi connectivity index (χ2v) is 7.14. The predicted molar refractivity (Wildman–Crippen MR) is 107 cm³/mol. The predicted octanol–water partition coefficient (Wildman–Crippen LogP) is 7.54. The van der Waals surface area contributed by atoms with Crippen LogP contribution in [0.4, 0.5) is 0 Å². The highest BCUT2D eigenvalue weighted by atomic mass is 14.5. The number of allylic oxidation sites excluding steroid dienone is 2. The summed E-state index contributed by atoms with van der Waals surface area (Å²) < 4.78 is 0. The molecule has 0 heterocycles. The largest absolute Gasteiger partial charge is 0.330 e. The molecule has 1 nitrogen and oxygen atoms in total. The molecule has 0 aliphatic heterocycles. The molecule has 0 rings (SSSR count). The summed E-state index contributed by atoms with van der Waals surface area (Å²) in [6.07, 6.45) is 29.8. The normalized spacial score (nSPS) is 11.6.